The summed E-state index contributed by atoms with van der Waals surface area (Å²) in [6.07, 6.45) is 3.32. The summed E-state index contributed by atoms with van der Waals surface area (Å²) in [4.78, 5) is 0. The molecule has 0 heteroatoms. The lowest BCUT2D eigenvalue weighted by molar-refractivity contribution is 0.991. The van der Waals surface area contributed by atoms with Gasteiger partial charge in [0, 0.05) is 0 Å². The van der Waals surface area contributed by atoms with Gasteiger partial charge in [-0.15, -0.1) is 0 Å². The molecule has 94 valence electrons. The van der Waals surface area contributed by atoms with E-state index in [0.717, 1.165) is 19.3 Å². The second-order valence-corrected chi connectivity index (χ2v) is 4.87. The second-order valence-electron chi connectivity index (χ2n) is 4.87. The molecule has 0 atom stereocenters. The van der Waals surface area contributed by atoms with E-state index in [-0.39, 0.29) is 0 Å². The predicted octanol–water partition coefficient (Wildman–Crippen LogP) is 4.71. The first kappa shape index (κ1) is 12.9. The van der Waals surface area contributed by atoms with Crippen molar-refractivity contribution < 1.29 is 0 Å². The van der Waals surface area contributed by atoms with Crippen LogP contribution in [0.5, 0.6) is 0 Å². The minimum atomic E-state index is 1.06. The Hall–Kier alpha value is -1.56. The molecule has 0 aromatic heterocycles. The van der Waals surface area contributed by atoms with E-state index in [9.17, 15) is 0 Å². The minimum absolute atomic E-state index is 1.06. The molecule has 0 fully saturated rings. The van der Waals surface area contributed by atoms with Crippen LogP contribution in [0.4, 0.5) is 0 Å². The first-order valence-electron chi connectivity index (χ1n) is 6.90. The number of benzene rings is 2. The van der Waals surface area contributed by atoms with Crippen molar-refractivity contribution in [1.29, 1.82) is 0 Å². The zero-order valence-electron chi connectivity index (χ0n) is 11.7. The van der Waals surface area contributed by atoms with Gasteiger partial charge in [-0.1, -0.05) is 56.3 Å². The Morgan fingerprint density at radius 3 is 2.06 bits per heavy atom. The zero-order chi connectivity index (χ0) is 13.0. The van der Waals surface area contributed by atoms with Crippen molar-refractivity contribution in [2.24, 2.45) is 0 Å². The van der Waals surface area contributed by atoms with Gasteiger partial charge in [-0.2, -0.15) is 0 Å². The summed E-state index contributed by atoms with van der Waals surface area (Å²) in [5, 5.41) is 0. The van der Waals surface area contributed by atoms with Crippen LogP contribution in [0.2, 0.25) is 0 Å². The molecule has 18 heavy (non-hydrogen) atoms. The maximum Gasteiger partial charge on any atom is -0.00203 e. The quantitative estimate of drug-likeness (QED) is 0.723. The Bertz CT molecular complexity index is 523. The molecule has 2 aromatic rings. The van der Waals surface area contributed by atoms with Gasteiger partial charge in [-0.25, -0.2) is 0 Å². The van der Waals surface area contributed by atoms with Gasteiger partial charge in [0.25, 0.3) is 0 Å². The van der Waals surface area contributed by atoms with Crippen molar-refractivity contribution in [2.75, 3.05) is 0 Å². The van der Waals surface area contributed by atoms with Gasteiger partial charge in [0.2, 0.25) is 0 Å². The smallest absolute Gasteiger partial charge is 0.00203 e. The maximum atomic E-state index is 2.28. The fourth-order valence-electron chi connectivity index (χ4n) is 2.65. The van der Waals surface area contributed by atoms with Crippen molar-refractivity contribution >= 4 is 0 Å². The van der Waals surface area contributed by atoms with E-state index in [1.165, 1.54) is 22.3 Å². The van der Waals surface area contributed by atoms with Crippen LogP contribution in [-0.4, -0.2) is 0 Å². The largest absolute Gasteiger partial charge is 0.0620 e. The fraction of sp³-hybridized carbons (Fsp3) is 0.333. The topological polar surface area (TPSA) is 0 Å². The molecule has 0 N–H and O–H groups in total. The molecule has 0 aliphatic carbocycles. The summed E-state index contributed by atoms with van der Waals surface area (Å²) in [5.74, 6) is 0. The second kappa shape index (κ2) is 5.86. The van der Waals surface area contributed by atoms with Crippen LogP contribution in [-0.2, 0) is 19.3 Å². The average Bonchev–Trinajstić information content (AvgIpc) is 2.41. The highest BCUT2D eigenvalue weighted by Crippen LogP contribution is 2.21. The molecule has 0 heterocycles. The van der Waals surface area contributed by atoms with Crippen LogP contribution in [0, 0.1) is 6.92 Å². The van der Waals surface area contributed by atoms with Crippen LogP contribution < -0.4 is 0 Å². The summed E-state index contributed by atoms with van der Waals surface area (Å²) < 4.78 is 0. The number of hydrogen-bond donors (Lipinski definition) is 0. The lowest BCUT2D eigenvalue weighted by atomic mass is 9.92. The van der Waals surface area contributed by atoms with Crippen LogP contribution in [0.15, 0.2) is 42.5 Å². The minimum Gasteiger partial charge on any atom is -0.0620 e. The van der Waals surface area contributed by atoms with E-state index in [2.05, 4.69) is 63.2 Å². The summed E-state index contributed by atoms with van der Waals surface area (Å²) in [6, 6.07) is 15.4. The first-order chi connectivity index (χ1) is 8.76. The highest BCUT2D eigenvalue weighted by atomic mass is 14.1. The Morgan fingerprint density at radius 1 is 0.722 bits per heavy atom. The van der Waals surface area contributed by atoms with Crippen molar-refractivity contribution in [1.82, 2.24) is 0 Å². The molecule has 0 unspecified atom stereocenters. The maximum absolute atomic E-state index is 2.28. The molecule has 0 bridgehead atoms. The van der Waals surface area contributed by atoms with Crippen molar-refractivity contribution in [3.63, 3.8) is 0 Å². The first-order valence-corrected chi connectivity index (χ1v) is 6.90. The van der Waals surface area contributed by atoms with E-state index in [1.807, 2.05) is 0 Å². The van der Waals surface area contributed by atoms with Crippen molar-refractivity contribution in [3.05, 3.63) is 70.3 Å². The number of hydrogen-bond acceptors (Lipinski definition) is 0. The summed E-state index contributed by atoms with van der Waals surface area (Å²) in [6.45, 7) is 6.70. The summed E-state index contributed by atoms with van der Waals surface area (Å²) >= 11 is 0. The molecular formula is C18H22. The van der Waals surface area contributed by atoms with Gasteiger partial charge in [0.15, 0.2) is 0 Å². The van der Waals surface area contributed by atoms with E-state index in [1.54, 1.807) is 5.56 Å². The highest BCUT2D eigenvalue weighted by Gasteiger charge is 2.07. The van der Waals surface area contributed by atoms with E-state index < -0.39 is 0 Å². The van der Waals surface area contributed by atoms with Crippen LogP contribution in [0.1, 0.15) is 41.7 Å². The molecule has 0 radical (unpaired) electrons. The molecule has 2 aromatic carbocycles. The van der Waals surface area contributed by atoms with E-state index in [4.69, 9.17) is 0 Å². The molecule has 0 saturated heterocycles. The molecule has 0 aliphatic heterocycles. The average molecular weight is 238 g/mol. The third-order valence-corrected chi connectivity index (χ3v) is 3.75. The SMILES string of the molecule is CCc1cccc(Cc2ccccc2C)c1CC. The monoisotopic (exact) mass is 238 g/mol. The molecule has 0 amide bonds. The summed E-state index contributed by atoms with van der Waals surface area (Å²) in [5.41, 5.74) is 7.37. The Balaban J connectivity index is 2.37. The molecular weight excluding hydrogens is 216 g/mol. The lowest BCUT2D eigenvalue weighted by Gasteiger charge is -2.13. The van der Waals surface area contributed by atoms with E-state index in [0.29, 0.717) is 0 Å². The predicted molar refractivity (Wildman–Crippen MR) is 79.2 cm³/mol. The fourth-order valence-corrected chi connectivity index (χ4v) is 2.65. The van der Waals surface area contributed by atoms with Crippen molar-refractivity contribution in [3.8, 4) is 0 Å². The third kappa shape index (κ3) is 2.64. The van der Waals surface area contributed by atoms with Gasteiger partial charge in [-0.05, 0) is 54.0 Å². The van der Waals surface area contributed by atoms with Crippen LogP contribution >= 0.6 is 0 Å². The third-order valence-electron chi connectivity index (χ3n) is 3.75. The highest BCUT2D eigenvalue weighted by molar-refractivity contribution is 5.40. The lowest BCUT2D eigenvalue weighted by Crippen LogP contribution is -2.00. The normalized spacial score (nSPS) is 10.6. The van der Waals surface area contributed by atoms with Gasteiger partial charge < -0.3 is 0 Å². The van der Waals surface area contributed by atoms with Crippen molar-refractivity contribution in [2.45, 2.75) is 40.0 Å². The number of aryl methyl sites for hydroxylation is 2. The Kier molecular flexibility index (Phi) is 4.19. The molecule has 0 aliphatic rings. The standard InChI is InChI=1S/C18H22/c1-4-15-11-8-12-17(18(15)5-2)13-16-10-7-6-9-14(16)3/h6-12H,4-5,13H2,1-3H3. The van der Waals surface area contributed by atoms with Gasteiger partial charge in [-0.3, -0.25) is 0 Å². The molecule has 2 rings (SSSR count). The Morgan fingerprint density at radius 2 is 1.39 bits per heavy atom. The Labute approximate surface area is 111 Å². The number of rotatable bonds is 4. The molecule has 0 saturated carbocycles. The van der Waals surface area contributed by atoms with Gasteiger partial charge >= 0.3 is 0 Å². The van der Waals surface area contributed by atoms with E-state index >= 15 is 0 Å². The molecule has 0 spiro atoms. The molecule has 0 nitrogen and oxygen atoms in total. The van der Waals surface area contributed by atoms with Gasteiger partial charge in [0.1, 0.15) is 0 Å². The zero-order valence-corrected chi connectivity index (χ0v) is 11.7. The van der Waals surface area contributed by atoms with Crippen LogP contribution in [0.25, 0.3) is 0 Å². The summed E-state index contributed by atoms with van der Waals surface area (Å²) in [7, 11) is 0. The van der Waals surface area contributed by atoms with Crippen LogP contribution in [0.3, 0.4) is 0 Å². The van der Waals surface area contributed by atoms with Gasteiger partial charge in [0.05, 0.1) is 0 Å².